The number of para-hydroxylation sites is 1. The standard InChI is InChI=1S/C33H34N4O2/c1-23-19-25(13-15-29(23)24-9-5-4-6-10-24)32(38)37-22-28-14-16-31(33(39)35(3)27-17-18-34(2)21-27)36(28)20-26-11-7-8-12-30(26)37/h4-16,19,27H,17-18,20-22H2,1-3H3. The number of carbonyl (C=O) groups is 2. The second kappa shape index (κ2) is 10.2. The van der Waals surface area contributed by atoms with Gasteiger partial charge in [-0.25, -0.2) is 0 Å². The molecule has 1 aromatic heterocycles. The Morgan fingerprint density at radius 3 is 2.41 bits per heavy atom. The van der Waals surface area contributed by atoms with Crippen molar-refractivity contribution in [2.45, 2.75) is 32.5 Å². The van der Waals surface area contributed by atoms with Crippen LogP contribution in [0.1, 0.15) is 44.1 Å². The number of anilines is 1. The number of rotatable bonds is 4. The molecule has 6 heteroatoms. The Morgan fingerprint density at radius 1 is 0.897 bits per heavy atom. The van der Waals surface area contributed by atoms with Crippen LogP contribution in [-0.4, -0.2) is 59.4 Å². The summed E-state index contributed by atoms with van der Waals surface area (Å²) in [4.78, 5) is 33.7. The molecule has 3 aromatic carbocycles. The van der Waals surface area contributed by atoms with Crippen LogP contribution >= 0.6 is 0 Å². The van der Waals surface area contributed by atoms with E-state index in [9.17, 15) is 9.59 Å². The number of amides is 2. The van der Waals surface area contributed by atoms with Crippen molar-refractivity contribution < 1.29 is 9.59 Å². The number of aromatic nitrogens is 1. The highest BCUT2D eigenvalue weighted by molar-refractivity contribution is 6.07. The molecule has 0 N–H and O–H groups in total. The summed E-state index contributed by atoms with van der Waals surface area (Å²) in [5.74, 6) is -0.00951. The summed E-state index contributed by atoms with van der Waals surface area (Å²) < 4.78 is 2.09. The maximum atomic E-state index is 14.0. The van der Waals surface area contributed by atoms with Gasteiger partial charge in [-0.05, 0) is 79.5 Å². The maximum Gasteiger partial charge on any atom is 0.270 e. The maximum absolute atomic E-state index is 14.0. The van der Waals surface area contributed by atoms with Crippen LogP contribution in [0.2, 0.25) is 0 Å². The molecule has 2 amide bonds. The predicted octanol–water partition coefficient (Wildman–Crippen LogP) is 5.45. The van der Waals surface area contributed by atoms with E-state index >= 15 is 0 Å². The average molecular weight is 519 g/mol. The van der Waals surface area contributed by atoms with E-state index in [1.807, 2.05) is 83.6 Å². The second-order valence-electron chi connectivity index (χ2n) is 10.8. The molecule has 3 heterocycles. The average Bonchev–Trinajstić information content (AvgIpc) is 3.53. The zero-order valence-electron chi connectivity index (χ0n) is 22.8. The molecule has 1 saturated heterocycles. The van der Waals surface area contributed by atoms with Crippen LogP contribution in [0.15, 0.2) is 84.9 Å². The van der Waals surface area contributed by atoms with E-state index < -0.39 is 0 Å². The minimum Gasteiger partial charge on any atom is -0.336 e. The fourth-order valence-corrected chi connectivity index (χ4v) is 6.00. The molecule has 1 fully saturated rings. The molecule has 0 bridgehead atoms. The van der Waals surface area contributed by atoms with E-state index in [0.717, 1.165) is 53.1 Å². The van der Waals surface area contributed by atoms with Crippen LogP contribution in [0, 0.1) is 6.92 Å². The first-order chi connectivity index (χ1) is 18.9. The van der Waals surface area contributed by atoms with E-state index in [1.54, 1.807) is 0 Å². The monoisotopic (exact) mass is 518 g/mol. The SMILES string of the molecule is Cc1cc(C(=O)N2Cc3ccc(C(=O)N(C)C4CCN(C)C4)n3Cc3ccccc32)ccc1-c1ccccc1. The van der Waals surface area contributed by atoms with Gasteiger partial charge in [0.2, 0.25) is 0 Å². The summed E-state index contributed by atoms with van der Waals surface area (Å²) in [5, 5.41) is 0. The number of aryl methyl sites for hydroxylation is 1. The first kappa shape index (κ1) is 25.1. The molecule has 1 unspecified atom stereocenters. The lowest BCUT2D eigenvalue weighted by Gasteiger charge is -2.25. The van der Waals surface area contributed by atoms with Gasteiger partial charge in [0.15, 0.2) is 0 Å². The van der Waals surface area contributed by atoms with Gasteiger partial charge in [-0.3, -0.25) is 9.59 Å². The van der Waals surface area contributed by atoms with E-state index in [1.165, 1.54) is 0 Å². The molecule has 6 nitrogen and oxygen atoms in total. The predicted molar refractivity (Wildman–Crippen MR) is 155 cm³/mol. The van der Waals surface area contributed by atoms with Gasteiger partial charge in [0.1, 0.15) is 5.69 Å². The first-order valence-electron chi connectivity index (χ1n) is 13.6. The third-order valence-corrected chi connectivity index (χ3v) is 8.26. The Bertz CT molecular complexity index is 1540. The van der Waals surface area contributed by atoms with Crippen molar-refractivity contribution in [1.29, 1.82) is 0 Å². The molecular weight excluding hydrogens is 484 g/mol. The molecule has 198 valence electrons. The largest absolute Gasteiger partial charge is 0.336 e. The summed E-state index contributed by atoms with van der Waals surface area (Å²) >= 11 is 0. The van der Waals surface area contributed by atoms with Crippen LogP contribution in [0.5, 0.6) is 0 Å². The Kier molecular flexibility index (Phi) is 6.57. The number of fused-ring (bicyclic) bond motifs is 2. The summed E-state index contributed by atoms with van der Waals surface area (Å²) in [6.07, 6.45) is 0.986. The Labute approximate surface area is 230 Å². The smallest absolute Gasteiger partial charge is 0.270 e. The summed E-state index contributed by atoms with van der Waals surface area (Å²) in [7, 11) is 4.01. The molecular formula is C33H34N4O2. The van der Waals surface area contributed by atoms with Gasteiger partial charge in [-0.15, -0.1) is 0 Å². The molecule has 2 aliphatic rings. The molecule has 0 spiro atoms. The van der Waals surface area contributed by atoms with Crippen molar-refractivity contribution in [2.75, 3.05) is 32.1 Å². The van der Waals surface area contributed by atoms with Crippen LogP contribution in [0.3, 0.4) is 0 Å². The van der Waals surface area contributed by atoms with Gasteiger partial charge in [0.25, 0.3) is 11.8 Å². The van der Waals surface area contributed by atoms with Crippen LogP contribution < -0.4 is 4.90 Å². The fraction of sp³-hybridized carbons (Fsp3) is 0.273. The Morgan fingerprint density at radius 2 is 1.67 bits per heavy atom. The molecule has 6 rings (SSSR count). The molecule has 4 aromatic rings. The quantitative estimate of drug-likeness (QED) is 0.361. The van der Waals surface area contributed by atoms with Crippen molar-refractivity contribution in [2.24, 2.45) is 0 Å². The molecule has 0 aliphatic carbocycles. The van der Waals surface area contributed by atoms with Crippen LogP contribution in [-0.2, 0) is 13.1 Å². The van der Waals surface area contributed by atoms with Crippen molar-refractivity contribution in [3.8, 4) is 11.1 Å². The third-order valence-electron chi connectivity index (χ3n) is 8.26. The lowest BCUT2D eigenvalue weighted by atomic mass is 9.98. The molecule has 0 saturated carbocycles. The zero-order valence-corrected chi connectivity index (χ0v) is 22.8. The number of carbonyl (C=O) groups excluding carboxylic acids is 2. The highest BCUT2D eigenvalue weighted by Gasteiger charge is 2.31. The number of benzene rings is 3. The van der Waals surface area contributed by atoms with E-state index in [0.29, 0.717) is 24.3 Å². The molecule has 0 radical (unpaired) electrons. The summed E-state index contributed by atoms with van der Waals surface area (Å²) in [6, 6.07) is 28.3. The Hall–Kier alpha value is -4.16. The molecule has 1 atom stereocenters. The second-order valence-corrected chi connectivity index (χ2v) is 10.8. The van der Waals surface area contributed by atoms with Crippen molar-refractivity contribution in [3.05, 3.63) is 113 Å². The number of hydrogen-bond donors (Lipinski definition) is 0. The van der Waals surface area contributed by atoms with Crippen molar-refractivity contribution >= 4 is 17.5 Å². The first-order valence-corrected chi connectivity index (χ1v) is 13.6. The lowest BCUT2D eigenvalue weighted by Crippen LogP contribution is -2.39. The van der Waals surface area contributed by atoms with Crippen LogP contribution in [0.4, 0.5) is 5.69 Å². The number of hydrogen-bond acceptors (Lipinski definition) is 3. The van der Waals surface area contributed by atoms with Gasteiger partial charge in [0.05, 0.1) is 13.1 Å². The van der Waals surface area contributed by atoms with Crippen LogP contribution in [0.25, 0.3) is 11.1 Å². The van der Waals surface area contributed by atoms with Gasteiger partial charge in [0, 0.05) is 36.6 Å². The topological polar surface area (TPSA) is 48.8 Å². The Balaban J connectivity index is 1.33. The highest BCUT2D eigenvalue weighted by Crippen LogP contribution is 2.32. The van der Waals surface area contributed by atoms with Gasteiger partial charge in [-0.1, -0.05) is 54.6 Å². The number of likely N-dealkylation sites (tertiary alicyclic amines) is 1. The molecule has 2 aliphatic heterocycles. The van der Waals surface area contributed by atoms with E-state index in [-0.39, 0.29) is 17.9 Å². The highest BCUT2D eigenvalue weighted by atomic mass is 16.2. The summed E-state index contributed by atoms with van der Waals surface area (Å²) in [6.45, 7) is 4.90. The minimum atomic E-state index is -0.0428. The fourth-order valence-electron chi connectivity index (χ4n) is 6.00. The summed E-state index contributed by atoms with van der Waals surface area (Å²) in [5.41, 5.74) is 7.52. The third kappa shape index (κ3) is 4.66. The van der Waals surface area contributed by atoms with Gasteiger partial charge in [-0.2, -0.15) is 0 Å². The minimum absolute atomic E-state index is 0.0333. The molecule has 39 heavy (non-hydrogen) atoms. The van der Waals surface area contributed by atoms with E-state index in [2.05, 4.69) is 41.6 Å². The zero-order chi connectivity index (χ0) is 27.1. The van der Waals surface area contributed by atoms with E-state index in [4.69, 9.17) is 0 Å². The number of likely N-dealkylation sites (N-methyl/N-ethyl adjacent to an activating group) is 2. The number of nitrogens with zero attached hydrogens (tertiary/aromatic N) is 4. The van der Waals surface area contributed by atoms with Crippen molar-refractivity contribution in [3.63, 3.8) is 0 Å². The van der Waals surface area contributed by atoms with Crippen molar-refractivity contribution in [1.82, 2.24) is 14.4 Å². The lowest BCUT2D eigenvalue weighted by molar-refractivity contribution is 0.0726. The van der Waals surface area contributed by atoms with Gasteiger partial charge >= 0.3 is 0 Å². The normalized spacial score (nSPS) is 16.9. The van der Waals surface area contributed by atoms with Gasteiger partial charge < -0.3 is 19.3 Å².